The molecule has 1 aromatic heterocycles. The third-order valence-electron chi connectivity index (χ3n) is 6.24. The van der Waals surface area contributed by atoms with Gasteiger partial charge in [-0.1, -0.05) is 30.3 Å². The highest BCUT2D eigenvalue weighted by Gasteiger charge is 2.32. The van der Waals surface area contributed by atoms with Crippen molar-refractivity contribution < 1.29 is 14.3 Å². The zero-order valence-corrected chi connectivity index (χ0v) is 21.3. The number of fused-ring (bicyclic) bond motifs is 1. The van der Waals surface area contributed by atoms with E-state index in [1.807, 2.05) is 71.2 Å². The van der Waals surface area contributed by atoms with Crippen LogP contribution in [0.1, 0.15) is 52.2 Å². The Morgan fingerprint density at radius 3 is 2.44 bits per heavy atom. The second-order valence-electron chi connectivity index (χ2n) is 10.4. The van der Waals surface area contributed by atoms with Crippen LogP contribution >= 0.6 is 0 Å². The number of rotatable bonds is 4. The van der Waals surface area contributed by atoms with E-state index in [0.717, 1.165) is 21.9 Å². The van der Waals surface area contributed by atoms with Crippen molar-refractivity contribution in [1.29, 1.82) is 5.26 Å². The van der Waals surface area contributed by atoms with E-state index in [4.69, 9.17) is 4.74 Å². The van der Waals surface area contributed by atoms with Crippen molar-refractivity contribution in [2.75, 3.05) is 18.4 Å². The fraction of sp³-hybridized carbons (Fsp3) is 0.357. The van der Waals surface area contributed by atoms with E-state index in [1.54, 1.807) is 27.9 Å². The topological polar surface area (TPSA) is 100 Å². The number of hydrogen-bond acceptors (Lipinski definition) is 5. The van der Waals surface area contributed by atoms with Gasteiger partial charge in [-0.2, -0.15) is 10.4 Å². The molecule has 0 radical (unpaired) electrons. The van der Waals surface area contributed by atoms with Crippen LogP contribution in [0.4, 0.5) is 10.5 Å². The SMILES string of the molecule is CC(C)(C)OC(=O)N1CC=C(c2cnn(C(C)(C)C(=O)Nc3ccc(C#N)c4ccccc34)c2)CC1. The molecule has 1 N–H and O–H groups in total. The number of anilines is 1. The maximum absolute atomic E-state index is 13.3. The molecule has 2 heterocycles. The summed E-state index contributed by atoms with van der Waals surface area (Å²) in [4.78, 5) is 27.4. The Balaban J connectivity index is 1.49. The Bertz CT molecular complexity index is 1390. The summed E-state index contributed by atoms with van der Waals surface area (Å²) in [6, 6.07) is 13.2. The molecule has 0 spiro atoms. The first-order valence-electron chi connectivity index (χ1n) is 12.0. The van der Waals surface area contributed by atoms with E-state index in [2.05, 4.69) is 16.5 Å². The third kappa shape index (κ3) is 5.10. The zero-order chi connectivity index (χ0) is 26.1. The van der Waals surface area contributed by atoms with Gasteiger partial charge in [-0.05, 0) is 58.7 Å². The van der Waals surface area contributed by atoms with Gasteiger partial charge < -0.3 is 15.0 Å². The Labute approximate surface area is 211 Å². The molecular weight excluding hydrogens is 454 g/mol. The fourth-order valence-corrected chi connectivity index (χ4v) is 4.10. The van der Waals surface area contributed by atoms with Gasteiger partial charge in [0.2, 0.25) is 0 Å². The Morgan fingerprint density at radius 1 is 1.08 bits per heavy atom. The number of nitrogens with zero attached hydrogens (tertiary/aromatic N) is 4. The number of nitrogens with one attached hydrogen (secondary N) is 1. The molecule has 0 fully saturated rings. The highest BCUT2D eigenvalue weighted by Crippen LogP contribution is 2.29. The van der Waals surface area contributed by atoms with E-state index in [0.29, 0.717) is 30.8 Å². The zero-order valence-electron chi connectivity index (χ0n) is 21.3. The molecule has 2 amide bonds. The monoisotopic (exact) mass is 485 g/mol. The van der Waals surface area contributed by atoms with Gasteiger partial charge in [0, 0.05) is 41.3 Å². The summed E-state index contributed by atoms with van der Waals surface area (Å²) in [5.41, 5.74) is 1.71. The van der Waals surface area contributed by atoms with Gasteiger partial charge in [-0.15, -0.1) is 0 Å². The van der Waals surface area contributed by atoms with E-state index < -0.39 is 11.1 Å². The van der Waals surface area contributed by atoms with Crippen molar-refractivity contribution in [2.24, 2.45) is 0 Å². The van der Waals surface area contributed by atoms with Crippen molar-refractivity contribution in [3.63, 3.8) is 0 Å². The highest BCUT2D eigenvalue weighted by atomic mass is 16.6. The predicted molar refractivity (Wildman–Crippen MR) is 139 cm³/mol. The van der Waals surface area contributed by atoms with Gasteiger partial charge in [0.1, 0.15) is 11.1 Å². The Kier molecular flexibility index (Phi) is 6.59. The average molecular weight is 486 g/mol. The van der Waals surface area contributed by atoms with Gasteiger partial charge in [0.25, 0.3) is 5.91 Å². The maximum atomic E-state index is 13.3. The lowest BCUT2D eigenvalue weighted by Gasteiger charge is -2.29. The van der Waals surface area contributed by atoms with Crippen molar-refractivity contribution in [3.8, 4) is 6.07 Å². The molecule has 4 rings (SSSR count). The molecule has 0 unspecified atom stereocenters. The molecule has 0 saturated carbocycles. The number of carbonyl (C=O) groups is 2. The summed E-state index contributed by atoms with van der Waals surface area (Å²) in [6.45, 7) is 10.2. The van der Waals surface area contributed by atoms with Crippen LogP contribution in [0.25, 0.3) is 16.3 Å². The number of benzene rings is 2. The van der Waals surface area contributed by atoms with Gasteiger partial charge in [-0.25, -0.2) is 4.79 Å². The van der Waals surface area contributed by atoms with Crippen molar-refractivity contribution >= 4 is 34.0 Å². The first-order valence-corrected chi connectivity index (χ1v) is 12.0. The Morgan fingerprint density at radius 2 is 1.81 bits per heavy atom. The van der Waals surface area contributed by atoms with E-state index in [-0.39, 0.29) is 12.0 Å². The highest BCUT2D eigenvalue weighted by molar-refractivity contribution is 6.05. The van der Waals surface area contributed by atoms with Gasteiger partial charge in [-0.3, -0.25) is 9.48 Å². The van der Waals surface area contributed by atoms with Crippen LogP contribution in [0.2, 0.25) is 0 Å². The van der Waals surface area contributed by atoms with E-state index in [1.165, 1.54) is 0 Å². The predicted octanol–water partition coefficient (Wildman–Crippen LogP) is 5.31. The lowest BCUT2D eigenvalue weighted by molar-refractivity contribution is -0.123. The van der Waals surface area contributed by atoms with Crippen molar-refractivity contribution in [2.45, 2.75) is 52.2 Å². The second kappa shape index (κ2) is 9.50. The number of ether oxygens (including phenoxy) is 1. The molecule has 186 valence electrons. The van der Waals surface area contributed by atoms with Crippen LogP contribution in [0.15, 0.2) is 54.9 Å². The van der Waals surface area contributed by atoms with Gasteiger partial charge >= 0.3 is 6.09 Å². The second-order valence-corrected chi connectivity index (χ2v) is 10.4. The van der Waals surface area contributed by atoms with Crippen LogP contribution < -0.4 is 5.32 Å². The number of nitriles is 1. The molecule has 2 aromatic carbocycles. The number of amides is 2. The first-order chi connectivity index (χ1) is 17.0. The molecule has 0 bridgehead atoms. The van der Waals surface area contributed by atoms with Gasteiger partial charge in [0.15, 0.2) is 0 Å². The third-order valence-corrected chi connectivity index (χ3v) is 6.24. The normalized spacial score (nSPS) is 14.2. The molecule has 1 aliphatic rings. The van der Waals surface area contributed by atoms with Crippen LogP contribution in [0.5, 0.6) is 0 Å². The number of carbonyl (C=O) groups excluding carboxylic acids is 2. The minimum absolute atomic E-state index is 0.222. The van der Waals surface area contributed by atoms with Crippen LogP contribution in [-0.2, 0) is 15.1 Å². The maximum Gasteiger partial charge on any atom is 0.410 e. The van der Waals surface area contributed by atoms with E-state index in [9.17, 15) is 14.9 Å². The van der Waals surface area contributed by atoms with Crippen molar-refractivity contribution in [1.82, 2.24) is 14.7 Å². The lowest BCUT2D eigenvalue weighted by atomic mass is 10.0. The van der Waals surface area contributed by atoms with E-state index >= 15 is 0 Å². The summed E-state index contributed by atoms with van der Waals surface area (Å²) in [6.07, 6.45) is 5.98. The molecular formula is C28H31N5O3. The summed E-state index contributed by atoms with van der Waals surface area (Å²) < 4.78 is 7.12. The van der Waals surface area contributed by atoms with Crippen molar-refractivity contribution in [3.05, 3.63) is 66.0 Å². The molecule has 36 heavy (non-hydrogen) atoms. The molecule has 0 aliphatic carbocycles. The summed E-state index contributed by atoms with van der Waals surface area (Å²) in [5.74, 6) is -0.222. The lowest BCUT2D eigenvalue weighted by Crippen LogP contribution is -2.40. The smallest absolute Gasteiger partial charge is 0.410 e. The minimum Gasteiger partial charge on any atom is -0.444 e. The quantitative estimate of drug-likeness (QED) is 0.540. The number of hydrogen-bond donors (Lipinski definition) is 1. The molecule has 8 nitrogen and oxygen atoms in total. The number of aromatic nitrogens is 2. The fourth-order valence-electron chi connectivity index (χ4n) is 4.10. The van der Waals surface area contributed by atoms with Crippen LogP contribution in [0, 0.1) is 11.3 Å². The molecule has 0 atom stereocenters. The average Bonchev–Trinajstić information content (AvgIpc) is 3.34. The van der Waals surface area contributed by atoms with Crippen LogP contribution in [0.3, 0.4) is 0 Å². The minimum atomic E-state index is -0.967. The summed E-state index contributed by atoms with van der Waals surface area (Å²) >= 11 is 0. The molecule has 1 aliphatic heterocycles. The first kappa shape index (κ1) is 25.0. The molecule has 3 aromatic rings. The molecule has 8 heteroatoms. The standard InChI is InChI=1S/C28H31N5O3/c1-27(2,3)36-26(35)32-14-12-19(13-15-32)21-17-30-33(18-21)28(4,5)25(34)31-24-11-10-20(16-29)22-8-6-7-9-23(22)24/h6-12,17-18H,13-15H2,1-5H3,(H,31,34). The summed E-state index contributed by atoms with van der Waals surface area (Å²) in [7, 11) is 0. The van der Waals surface area contributed by atoms with Crippen LogP contribution in [-0.4, -0.2) is 45.4 Å². The molecule has 0 saturated heterocycles. The Hall–Kier alpha value is -4.12. The summed E-state index contributed by atoms with van der Waals surface area (Å²) in [5, 5.41) is 18.5. The largest absolute Gasteiger partial charge is 0.444 e. The van der Waals surface area contributed by atoms with Gasteiger partial charge in [0.05, 0.1) is 17.8 Å².